The summed E-state index contributed by atoms with van der Waals surface area (Å²) >= 11 is 0. The lowest BCUT2D eigenvalue weighted by Gasteiger charge is -2.21. The second-order valence-corrected chi connectivity index (χ2v) is 4.26. The van der Waals surface area contributed by atoms with E-state index in [0.717, 1.165) is 38.0 Å². The molecular weight excluding hydrogens is 200 g/mol. The van der Waals surface area contributed by atoms with Crippen LogP contribution in [0.25, 0.3) is 0 Å². The Kier molecular flexibility index (Phi) is 3.73. The van der Waals surface area contributed by atoms with Crippen molar-refractivity contribution >= 4 is 5.78 Å². The van der Waals surface area contributed by atoms with Crippen molar-refractivity contribution in [1.82, 2.24) is 0 Å². The summed E-state index contributed by atoms with van der Waals surface area (Å²) in [6.07, 6.45) is 2.67. The maximum atomic E-state index is 12.3. The van der Waals surface area contributed by atoms with E-state index in [2.05, 4.69) is 6.92 Å². The van der Waals surface area contributed by atoms with E-state index in [9.17, 15) is 4.79 Å². The Balaban J connectivity index is 2.19. The van der Waals surface area contributed by atoms with Gasteiger partial charge in [0.1, 0.15) is 0 Å². The third-order valence-electron chi connectivity index (χ3n) is 3.26. The Hall–Kier alpha value is -1.15. The number of ether oxygens (including phenoxy) is 1. The van der Waals surface area contributed by atoms with Gasteiger partial charge in [-0.2, -0.15) is 0 Å². The lowest BCUT2D eigenvalue weighted by Crippen LogP contribution is -2.24. The average Bonchev–Trinajstić information content (AvgIpc) is 2.39. The number of hydrogen-bond donors (Lipinski definition) is 0. The molecule has 0 bridgehead atoms. The molecule has 0 unspecified atom stereocenters. The zero-order valence-corrected chi connectivity index (χ0v) is 9.74. The van der Waals surface area contributed by atoms with Crippen LogP contribution in [0.1, 0.15) is 35.7 Å². The molecule has 0 N–H and O–H groups in total. The van der Waals surface area contributed by atoms with Crippen molar-refractivity contribution in [2.45, 2.75) is 26.2 Å². The topological polar surface area (TPSA) is 26.3 Å². The van der Waals surface area contributed by atoms with Crippen LogP contribution in [0.15, 0.2) is 24.3 Å². The molecule has 1 aromatic carbocycles. The first kappa shape index (κ1) is 11.3. The molecule has 0 spiro atoms. The minimum Gasteiger partial charge on any atom is -0.381 e. The van der Waals surface area contributed by atoms with Crippen LogP contribution in [0.2, 0.25) is 0 Å². The smallest absolute Gasteiger partial charge is 0.166 e. The number of carbonyl (C=O) groups excluding carboxylic acids is 1. The van der Waals surface area contributed by atoms with Gasteiger partial charge in [0, 0.05) is 24.7 Å². The number of Topliss-reactive ketones (excluding diaryl/α,β-unsaturated/α-hetero) is 1. The average molecular weight is 218 g/mol. The highest BCUT2D eigenvalue weighted by Crippen LogP contribution is 2.22. The van der Waals surface area contributed by atoms with Crippen molar-refractivity contribution < 1.29 is 9.53 Å². The van der Waals surface area contributed by atoms with Gasteiger partial charge in [0.05, 0.1) is 0 Å². The highest BCUT2D eigenvalue weighted by molar-refractivity contribution is 5.99. The molecular formula is C14H18O2. The Morgan fingerprint density at radius 3 is 2.69 bits per heavy atom. The Bertz CT molecular complexity index is 365. The van der Waals surface area contributed by atoms with E-state index in [4.69, 9.17) is 4.74 Å². The van der Waals surface area contributed by atoms with Crippen molar-refractivity contribution in [3.05, 3.63) is 35.4 Å². The summed E-state index contributed by atoms with van der Waals surface area (Å²) in [7, 11) is 0. The van der Waals surface area contributed by atoms with Gasteiger partial charge in [0.15, 0.2) is 5.78 Å². The minimum absolute atomic E-state index is 0.168. The van der Waals surface area contributed by atoms with Crippen LogP contribution < -0.4 is 0 Å². The van der Waals surface area contributed by atoms with Gasteiger partial charge in [-0.05, 0) is 24.8 Å². The molecule has 1 saturated heterocycles. The second kappa shape index (κ2) is 5.26. The van der Waals surface area contributed by atoms with Gasteiger partial charge in [0.25, 0.3) is 0 Å². The zero-order valence-electron chi connectivity index (χ0n) is 9.74. The largest absolute Gasteiger partial charge is 0.381 e. The monoisotopic (exact) mass is 218 g/mol. The number of carbonyl (C=O) groups is 1. The van der Waals surface area contributed by atoms with E-state index in [1.165, 1.54) is 5.56 Å². The summed E-state index contributed by atoms with van der Waals surface area (Å²) in [4.78, 5) is 12.3. The van der Waals surface area contributed by atoms with E-state index >= 15 is 0 Å². The van der Waals surface area contributed by atoms with Crippen LogP contribution in [0.3, 0.4) is 0 Å². The van der Waals surface area contributed by atoms with Crippen molar-refractivity contribution in [2.75, 3.05) is 13.2 Å². The van der Waals surface area contributed by atoms with Crippen LogP contribution in [-0.2, 0) is 11.2 Å². The van der Waals surface area contributed by atoms with Crippen molar-refractivity contribution in [3.63, 3.8) is 0 Å². The quantitative estimate of drug-likeness (QED) is 0.729. The summed E-state index contributed by atoms with van der Waals surface area (Å²) < 4.78 is 5.29. The van der Waals surface area contributed by atoms with Crippen molar-refractivity contribution in [1.29, 1.82) is 0 Å². The number of hydrogen-bond acceptors (Lipinski definition) is 2. The molecule has 0 aliphatic carbocycles. The van der Waals surface area contributed by atoms with E-state index < -0.39 is 0 Å². The third kappa shape index (κ3) is 2.33. The lowest BCUT2D eigenvalue weighted by atomic mass is 9.88. The SMILES string of the molecule is CCc1ccccc1C(=O)C1CCOCC1. The molecule has 86 valence electrons. The van der Waals surface area contributed by atoms with Crippen LogP contribution >= 0.6 is 0 Å². The van der Waals surface area contributed by atoms with E-state index in [1.807, 2.05) is 24.3 Å². The molecule has 0 radical (unpaired) electrons. The van der Waals surface area contributed by atoms with Crippen LogP contribution in [0.5, 0.6) is 0 Å². The summed E-state index contributed by atoms with van der Waals surface area (Å²) in [5.74, 6) is 0.474. The third-order valence-corrected chi connectivity index (χ3v) is 3.26. The Morgan fingerprint density at radius 2 is 2.00 bits per heavy atom. The Labute approximate surface area is 96.6 Å². The number of aryl methyl sites for hydroxylation is 1. The normalized spacial score (nSPS) is 17.3. The van der Waals surface area contributed by atoms with Gasteiger partial charge in [0.2, 0.25) is 0 Å². The van der Waals surface area contributed by atoms with Gasteiger partial charge in [-0.3, -0.25) is 4.79 Å². The number of benzene rings is 1. The van der Waals surface area contributed by atoms with Crippen LogP contribution in [0, 0.1) is 5.92 Å². The molecule has 1 aliphatic heterocycles. The number of ketones is 1. The minimum atomic E-state index is 0.168. The fourth-order valence-corrected chi connectivity index (χ4v) is 2.25. The van der Waals surface area contributed by atoms with Crippen LogP contribution in [0.4, 0.5) is 0 Å². The summed E-state index contributed by atoms with van der Waals surface area (Å²) in [5, 5.41) is 0. The lowest BCUT2D eigenvalue weighted by molar-refractivity contribution is 0.0544. The maximum Gasteiger partial charge on any atom is 0.166 e. The molecule has 2 nitrogen and oxygen atoms in total. The fourth-order valence-electron chi connectivity index (χ4n) is 2.25. The molecule has 16 heavy (non-hydrogen) atoms. The predicted molar refractivity (Wildman–Crippen MR) is 63.7 cm³/mol. The van der Waals surface area contributed by atoms with E-state index in [1.54, 1.807) is 0 Å². The molecule has 1 aliphatic rings. The van der Waals surface area contributed by atoms with Crippen LogP contribution in [-0.4, -0.2) is 19.0 Å². The van der Waals surface area contributed by atoms with Gasteiger partial charge in [-0.25, -0.2) is 0 Å². The first-order valence-electron chi connectivity index (χ1n) is 6.02. The second-order valence-electron chi connectivity index (χ2n) is 4.26. The summed E-state index contributed by atoms with van der Waals surface area (Å²) in [6, 6.07) is 7.95. The molecule has 0 amide bonds. The molecule has 2 rings (SSSR count). The predicted octanol–water partition coefficient (Wildman–Crippen LogP) is 2.86. The molecule has 1 aromatic rings. The number of rotatable bonds is 3. The van der Waals surface area contributed by atoms with Crippen molar-refractivity contribution in [3.8, 4) is 0 Å². The Morgan fingerprint density at radius 1 is 1.31 bits per heavy atom. The molecule has 0 saturated carbocycles. The highest BCUT2D eigenvalue weighted by Gasteiger charge is 2.23. The van der Waals surface area contributed by atoms with Crippen molar-refractivity contribution in [2.24, 2.45) is 5.92 Å². The zero-order chi connectivity index (χ0) is 11.4. The van der Waals surface area contributed by atoms with Gasteiger partial charge in [-0.15, -0.1) is 0 Å². The van der Waals surface area contributed by atoms with Gasteiger partial charge >= 0.3 is 0 Å². The molecule has 1 fully saturated rings. The highest BCUT2D eigenvalue weighted by atomic mass is 16.5. The van der Waals surface area contributed by atoms with Gasteiger partial charge in [-0.1, -0.05) is 31.2 Å². The van der Waals surface area contributed by atoms with E-state index in [-0.39, 0.29) is 5.92 Å². The molecule has 0 aromatic heterocycles. The molecule has 1 heterocycles. The van der Waals surface area contributed by atoms with E-state index in [0.29, 0.717) is 5.78 Å². The first-order chi connectivity index (χ1) is 7.83. The summed E-state index contributed by atoms with van der Waals surface area (Å²) in [6.45, 7) is 3.55. The molecule has 2 heteroatoms. The van der Waals surface area contributed by atoms with Gasteiger partial charge < -0.3 is 4.74 Å². The standard InChI is InChI=1S/C14H18O2/c1-2-11-5-3-4-6-13(11)14(15)12-7-9-16-10-8-12/h3-6,12H,2,7-10H2,1H3. The fraction of sp³-hybridized carbons (Fsp3) is 0.500. The summed E-state index contributed by atoms with van der Waals surface area (Å²) in [5.41, 5.74) is 2.08. The maximum absolute atomic E-state index is 12.3. The first-order valence-corrected chi connectivity index (χ1v) is 6.02. The molecule has 0 atom stereocenters.